The van der Waals surface area contributed by atoms with Crippen LogP contribution in [0.5, 0.6) is 5.75 Å². The number of carboxylic acid groups (broad SMARTS) is 2. The van der Waals surface area contributed by atoms with E-state index >= 15 is 0 Å². The highest BCUT2D eigenvalue weighted by Crippen LogP contribution is 2.29. The highest BCUT2D eigenvalue weighted by Gasteiger charge is 2.08. The second-order valence-electron chi connectivity index (χ2n) is 5.35. The van der Waals surface area contributed by atoms with Crippen molar-refractivity contribution in [2.24, 2.45) is 0 Å². The molecule has 136 valence electrons. The molecule has 7 nitrogen and oxygen atoms in total. The molecule has 1 rings (SSSR count). The normalized spacial score (nSPS) is 11.4. The summed E-state index contributed by atoms with van der Waals surface area (Å²) in [6.45, 7) is 8.01. The summed E-state index contributed by atoms with van der Waals surface area (Å²) in [6.07, 6.45) is -0.316. The molecule has 1 aromatic rings. The molecule has 0 spiro atoms. The minimum absolute atomic E-state index is 0.316. The second-order valence-corrected chi connectivity index (χ2v) is 6.26. The van der Waals surface area contributed by atoms with Crippen molar-refractivity contribution in [2.45, 2.75) is 32.8 Å². The van der Waals surface area contributed by atoms with Gasteiger partial charge in [0.15, 0.2) is 0 Å². The maximum Gasteiger partial charge on any atom is 0.414 e. The predicted octanol–water partition coefficient (Wildman–Crippen LogP) is 2.08. The molecule has 0 saturated heterocycles. The van der Waals surface area contributed by atoms with E-state index < -0.39 is 11.9 Å². The fourth-order valence-corrected chi connectivity index (χ4v) is 2.02. The maximum absolute atomic E-state index is 9.11. The lowest BCUT2D eigenvalue weighted by molar-refractivity contribution is -0.159. The smallest absolute Gasteiger partial charge is 0.414 e. The first-order valence-electron chi connectivity index (χ1n) is 7.42. The number of aliphatic hydroxyl groups excluding tert-OH is 1. The molecular weight excluding hydrogens is 382 g/mol. The zero-order valence-electron chi connectivity index (χ0n) is 14.0. The van der Waals surface area contributed by atoms with E-state index in [1.807, 2.05) is 12.1 Å². The Morgan fingerprint density at radius 1 is 1.21 bits per heavy atom. The van der Waals surface area contributed by atoms with Crippen LogP contribution in [0.2, 0.25) is 0 Å². The summed E-state index contributed by atoms with van der Waals surface area (Å²) in [7, 11) is 0. The van der Waals surface area contributed by atoms with Crippen molar-refractivity contribution in [3.8, 4) is 5.75 Å². The molecule has 0 fully saturated rings. The van der Waals surface area contributed by atoms with Crippen molar-refractivity contribution in [2.75, 3.05) is 19.7 Å². The van der Waals surface area contributed by atoms with Crippen LogP contribution in [0.25, 0.3) is 0 Å². The van der Waals surface area contributed by atoms with Crippen LogP contribution in [-0.2, 0) is 9.59 Å². The zero-order valence-corrected chi connectivity index (χ0v) is 15.5. The third-order valence-corrected chi connectivity index (χ3v) is 3.25. The van der Waals surface area contributed by atoms with E-state index in [9.17, 15) is 0 Å². The van der Waals surface area contributed by atoms with E-state index in [2.05, 4.69) is 41.2 Å². The number of carboxylic acids is 2. The van der Waals surface area contributed by atoms with Gasteiger partial charge in [-0.05, 0) is 36.6 Å². The highest BCUT2D eigenvalue weighted by molar-refractivity contribution is 9.10. The summed E-state index contributed by atoms with van der Waals surface area (Å²) in [5, 5.41) is 27.0. The summed E-state index contributed by atoms with van der Waals surface area (Å²) in [6, 6.07) is 6.09. The number of aliphatic hydroxyl groups is 1. The Bertz CT molecular complexity index is 521. The van der Waals surface area contributed by atoms with Gasteiger partial charge in [0, 0.05) is 17.6 Å². The van der Waals surface area contributed by atoms with E-state index in [0.717, 1.165) is 16.8 Å². The van der Waals surface area contributed by atoms with Crippen LogP contribution in [-0.4, -0.2) is 53.1 Å². The number of carbonyl (C=O) groups is 2. The molecule has 4 N–H and O–H groups in total. The van der Waals surface area contributed by atoms with Crippen molar-refractivity contribution in [3.63, 3.8) is 0 Å². The molecule has 0 heterocycles. The van der Waals surface area contributed by atoms with Crippen LogP contribution in [0.15, 0.2) is 22.7 Å². The fourth-order valence-electron chi connectivity index (χ4n) is 1.65. The molecule has 0 amide bonds. The monoisotopic (exact) mass is 405 g/mol. The molecule has 8 heteroatoms. The Morgan fingerprint density at radius 2 is 1.79 bits per heavy atom. The Labute approximate surface area is 149 Å². The maximum atomic E-state index is 9.11. The van der Waals surface area contributed by atoms with Crippen molar-refractivity contribution in [3.05, 3.63) is 28.2 Å². The number of benzene rings is 1. The molecule has 24 heavy (non-hydrogen) atoms. The van der Waals surface area contributed by atoms with E-state index in [1.54, 1.807) is 6.92 Å². The molecule has 0 bridgehead atoms. The van der Waals surface area contributed by atoms with E-state index in [1.165, 1.54) is 5.56 Å². The molecule has 0 radical (unpaired) electrons. The largest absolute Gasteiger partial charge is 0.492 e. The first-order valence-corrected chi connectivity index (χ1v) is 8.21. The lowest BCUT2D eigenvalue weighted by Crippen LogP contribution is -2.28. The summed E-state index contributed by atoms with van der Waals surface area (Å²) < 4.78 is 6.85. The second kappa shape index (κ2) is 11.8. The van der Waals surface area contributed by atoms with Crippen LogP contribution < -0.4 is 10.1 Å². The molecule has 0 aliphatic carbocycles. The van der Waals surface area contributed by atoms with E-state index in [0.29, 0.717) is 19.1 Å². The summed E-state index contributed by atoms with van der Waals surface area (Å²) in [5.74, 6) is -2.28. The predicted molar refractivity (Wildman–Crippen MR) is 93.5 cm³/mol. The summed E-state index contributed by atoms with van der Waals surface area (Å²) in [4.78, 5) is 18.2. The quantitative estimate of drug-likeness (QED) is 0.405. The highest BCUT2D eigenvalue weighted by atomic mass is 79.9. The minimum atomic E-state index is -1.82. The molecular formula is C16H24BrNO6. The third-order valence-electron chi connectivity index (χ3n) is 2.75. The Kier molecular flexibility index (Phi) is 11.0. The van der Waals surface area contributed by atoms with Crippen LogP contribution in [0.4, 0.5) is 0 Å². The average molecular weight is 406 g/mol. The van der Waals surface area contributed by atoms with Crippen molar-refractivity contribution >= 4 is 27.9 Å². The number of ether oxygens (including phenoxy) is 1. The topological polar surface area (TPSA) is 116 Å². The van der Waals surface area contributed by atoms with Crippen LogP contribution in [0.1, 0.15) is 32.3 Å². The van der Waals surface area contributed by atoms with Gasteiger partial charge >= 0.3 is 11.9 Å². The molecule has 0 aliphatic heterocycles. The van der Waals surface area contributed by atoms with Gasteiger partial charge in [-0.3, -0.25) is 0 Å². The first-order chi connectivity index (χ1) is 11.1. The van der Waals surface area contributed by atoms with Gasteiger partial charge in [0.25, 0.3) is 0 Å². The van der Waals surface area contributed by atoms with E-state index in [-0.39, 0.29) is 6.10 Å². The number of halogens is 1. The Balaban J connectivity index is 0.000000754. The van der Waals surface area contributed by atoms with Crippen LogP contribution in [0.3, 0.4) is 0 Å². The molecule has 1 unspecified atom stereocenters. The third kappa shape index (κ3) is 10.2. The average Bonchev–Trinajstić information content (AvgIpc) is 2.48. The summed E-state index contributed by atoms with van der Waals surface area (Å²) >= 11 is 3.48. The molecule has 0 aromatic heterocycles. The number of hydrogen-bond donors (Lipinski definition) is 4. The zero-order chi connectivity index (χ0) is 18.7. The van der Waals surface area contributed by atoms with Crippen molar-refractivity contribution < 1.29 is 29.6 Å². The first kappa shape index (κ1) is 22.4. The van der Waals surface area contributed by atoms with Crippen molar-refractivity contribution in [1.82, 2.24) is 5.32 Å². The Morgan fingerprint density at radius 3 is 2.25 bits per heavy atom. The number of hydrogen-bond acceptors (Lipinski definition) is 5. The Hall–Kier alpha value is -1.64. The molecule has 0 aliphatic rings. The number of rotatable bonds is 7. The van der Waals surface area contributed by atoms with Gasteiger partial charge in [-0.15, -0.1) is 0 Å². The SMILES string of the molecule is CC(O)CNCCOc1ccc(Br)cc1C(C)C.O=C(O)C(=O)O. The lowest BCUT2D eigenvalue weighted by Gasteiger charge is -2.15. The van der Waals surface area contributed by atoms with Crippen LogP contribution >= 0.6 is 15.9 Å². The molecule has 0 saturated carbocycles. The lowest BCUT2D eigenvalue weighted by atomic mass is 10.0. The van der Waals surface area contributed by atoms with Gasteiger partial charge in [-0.1, -0.05) is 29.8 Å². The van der Waals surface area contributed by atoms with Gasteiger partial charge < -0.3 is 25.4 Å². The van der Waals surface area contributed by atoms with Gasteiger partial charge in [-0.25, -0.2) is 9.59 Å². The van der Waals surface area contributed by atoms with E-state index in [4.69, 9.17) is 29.6 Å². The number of aliphatic carboxylic acids is 2. The molecule has 1 aromatic carbocycles. The minimum Gasteiger partial charge on any atom is -0.492 e. The van der Waals surface area contributed by atoms with Crippen LogP contribution in [0, 0.1) is 0 Å². The molecule has 1 atom stereocenters. The van der Waals surface area contributed by atoms with Gasteiger partial charge in [0.05, 0.1) is 6.10 Å². The van der Waals surface area contributed by atoms with Gasteiger partial charge in [0.2, 0.25) is 0 Å². The van der Waals surface area contributed by atoms with Gasteiger partial charge in [0.1, 0.15) is 12.4 Å². The number of nitrogens with one attached hydrogen (secondary N) is 1. The fraction of sp³-hybridized carbons (Fsp3) is 0.500. The van der Waals surface area contributed by atoms with Crippen molar-refractivity contribution in [1.29, 1.82) is 0 Å². The summed E-state index contributed by atoms with van der Waals surface area (Å²) in [5.41, 5.74) is 1.21. The standard InChI is InChI=1S/C14H22BrNO2.C2H2O4/c1-10(2)13-8-12(15)4-5-14(13)18-7-6-16-9-11(3)17;3-1(4)2(5)6/h4-5,8,10-11,16-17H,6-7,9H2,1-3H3;(H,3,4)(H,5,6). The van der Waals surface area contributed by atoms with Gasteiger partial charge in [-0.2, -0.15) is 0 Å².